The van der Waals surface area contributed by atoms with E-state index in [0.29, 0.717) is 16.5 Å². The number of aryl methyl sites for hydroxylation is 1. The largest absolute Gasteiger partial charge is 0.460 e. The smallest absolute Gasteiger partial charge is 0.374 e. The third-order valence-corrected chi connectivity index (χ3v) is 4.57. The van der Waals surface area contributed by atoms with Crippen LogP contribution in [0, 0.1) is 6.92 Å². The second-order valence-electron chi connectivity index (χ2n) is 4.62. The molecule has 0 unspecified atom stereocenters. The van der Waals surface area contributed by atoms with Gasteiger partial charge in [0.15, 0.2) is 0 Å². The van der Waals surface area contributed by atoms with Crippen molar-refractivity contribution in [1.82, 2.24) is 4.72 Å². The Kier molecular flexibility index (Phi) is 4.84. The number of esters is 1. The Labute approximate surface area is 128 Å². The quantitative estimate of drug-likeness (QED) is 0.770. The molecular weight excluding hydrogens is 308 g/mol. The molecule has 0 bridgehead atoms. The van der Waals surface area contributed by atoms with Gasteiger partial charge in [0.1, 0.15) is 5.58 Å². The third kappa shape index (κ3) is 3.13. The molecule has 0 saturated heterocycles. The number of sulfonamides is 1. The molecule has 2 rings (SSSR count). The molecule has 22 heavy (non-hydrogen) atoms. The average molecular weight is 326 g/mol. The van der Waals surface area contributed by atoms with Gasteiger partial charge in [-0.15, -0.1) is 0 Å². The van der Waals surface area contributed by atoms with Crippen molar-refractivity contribution in [3.63, 3.8) is 0 Å². The van der Waals surface area contributed by atoms with Gasteiger partial charge in [0.05, 0.1) is 11.5 Å². The number of furan rings is 1. The van der Waals surface area contributed by atoms with Crippen LogP contribution in [0.5, 0.6) is 0 Å². The number of hydrogen-bond acceptors (Lipinski definition) is 6. The van der Waals surface area contributed by atoms with E-state index in [0.717, 1.165) is 0 Å². The van der Waals surface area contributed by atoms with Crippen molar-refractivity contribution in [3.05, 3.63) is 29.5 Å². The maximum absolute atomic E-state index is 12.1. The summed E-state index contributed by atoms with van der Waals surface area (Å²) in [5, 5.41) is 0.554. The Balaban J connectivity index is 2.47. The Hall–Kier alpha value is -1.90. The van der Waals surface area contributed by atoms with Gasteiger partial charge in [-0.05, 0) is 32.0 Å². The molecule has 0 spiro atoms. The summed E-state index contributed by atoms with van der Waals surface area (Å²) in [4.78, 5) is 11.9. The zero-order valence-electron chi connectivity index (χ0n) is 12.4. The van der Waals surface area contributed by atoms with Crippen LogP contribution in [-0.2, 0) is 14.8 Å². The van der Waals surface area contributed by atoms with Crippen LogP contribution in [0.15, 0.2) is 27.5 Å². The number of carbonyl (C=O) groups excluding carboxylic acids is 1. The lowest BCUT2D eigenvalue weighted by Crippen LogP contribution is -2.29. The van der Waals surface area contributed by atoms with Gasteiger partial charge < -0.3 is 14.9 Å². The second-order valence-corrected chi connectivity index (χ2v) is 6.39. The molecule has 120 valence electrons. The molecule has 0 amide bonds. The van der Waals surface area contributed by atoms with Crippen LogP contribution in [0.1, 0.15) is 23.0 Å². The molecule has 1 heterocycles. The van der Waals surface area contributed by atoms with E-state index in [1.54, 1.807) is 13.8 Å². The normalized spacial score (nSPS) is 11.8. The van der Waals surface area contributed by atoms with E-state index in [2.05, 4.69) is 4.72 Å². The first-order valence-corrected chi connectivity index (χ1v) is 8.29. The lowest BCUT2D eigenvalue weighted by atomic mass is 10.1. The topological polar surface area (TPSA) is 112 Å². The minimum atomic E-state index is -3.64. The van der Waals surface area contributed by atoms with Crippen LogP contribution in [0.4, 0.5) is 0 Å². The Bertz CT molecular complexity index is 795. The third-order valence-electron chi connectivity index (χ3n) is 3.12. The van der Waals surface area contributed by atoms with E-state index in [-0.39, 0.29) is 30.4 Å². The maximum atomic E-state index is 12.1. The van der Waals surface area contributed by atoms with E-state index in [4.69, 9.17) is 14.9 Å². The highest BCUT2D eigenvalue weighted by atomic mass is 32.2. The molecule has 0 aliphatic heterocycles. The Morgan fingerprint density at radius 2 is 2.14 bits per heavy atom. The molecule has 2 aromatic rings. The van der Waals surface area contributed by atoms with Crippen molar-refractivity contribution in [2.75, 3.05) is 19.7 Å². The highest BCUT2D eigenvalue weighted by Crippen LogP contribution is 2.28. The van der Waals surface area contributed by atoms with E-state index in [1.165, 1.54) is 18.2 Å². The first kappa shape index (κ1) is 16.5. The van der Waals surface area contributed by atoms with Crippen molar-refractivity contribution in [2.45, 2.75) is 18.7 Å². The van der Waals surface area contributed by atoms with Gasteiger partial charge in [0.2, 0.25) is 15.8 Å². The van der Waals surface area contributed by atoms with E-state index in [1.807, 2.05) is 0 Å². The standard InChI is InChI=1S/C14H18N2O5S/c1-3-20-14(17)13-9(2)11-8-10(4-5-12(11)21-13)22(18,19)16-7-6-15/h4-5,8,16H,3,6-7,15H2,1-2H3. The SMILES string of the molecule is CCOC(=O)c1oc2ccc(S(=O)(=O)NCCN)cc2c1C. The molecule has 0 saturated carbocycles. The van der Waals surface area contributed by atoms with Crippen LogP contribution in [0.2, 0.25) is 0 Å². The molecule has 8 heteroatoms. The number of ether oxygens (including phenoxy) is 1. The monoisotopic (exact) mass is 326 g/mol. The van der Waals surface area contributed by atoms with Crippen LogP contribution in [0.3, 0.4) is 0 Å². The first-order valence-electron chi connectivity index (χ1n) is 6.80. The zero-order chi connectivity index (χ0) is 16.3. The summed E-state index contributed by atoms with van der Waals surface area (Å²) in [6.45, 7) is 3.97. The summed E-state index contributed by atoms with van der Waals surface area (Å²) < 4.78 is 36.9. The number of rotatable bonds is 6. The van der Waals surface area contributed by atoms with E-state index >= 15 is 0 Å². The van der Waals surface area contributed by atoms with Crippen LogP contribution < -0.4 is 10.5 Å². The number of fused-ring (bicyclic) bond motifs is 1. The van der Waals surface area contributed by atoms with Crippen molar-refractivity contribution in [1.29, 1.82) is 0 Å². The molecular formula is C14H18N2O5S. The Morgan fingerprint density at radius 1 is 1.41 bits per heavy atom. The minimum Gasteiger partial charge on any atom is -0.460 e. The fourth-order valence-corrected chi connectivity index (χ4v) is 3.11. The molecule has 0 aliphatic carbocycles. The fourth-order valence-electron chi connectivity index (χ4n) is 2.04. The summed E-state index contributed by atoms with van der Waals surface area (Å²) in [5.41, 5.74) is 6.27. The van der Waals surface area contributed by atoms with Gasteiger partial charge in [0, 0.05) is 24.0 Å². The van der Waals surface area contributed by atoms with Gasteiger partial charge in [-0.2, -0.15) is 0 Å². The molecule has 1 aromatic heterocycles. The van der Waals surface area contributed by atoms with Gasteiger partial charge in [-0.1, -0.05) is 0 Å². The maximum Gasteiger partial charge on any atom is 0.374 e. The van der Waals surface area contributed by atoms with E-state index < -0.39 is 16.0 Å². The molecule has 7 nitrogen and oxygen atoms in total. The number of carbonyl (C=O) groups is 1. The lowest BCUT2D eigenvalue weighted by molar-refractivity contribution is 0.0491. The lowest BCUT2D eigenvalue weighted by Gasteiger charge is -2.05. The predicted octanol–water partition coefficient (Wildman–Crippen LogP) is 1.15. The summed E-state index contributed by atoms with van der Waals surface area (Å²) in [7, 11) is -3.64. The number of hydrogen-bond donors (Lipinski definition) is 2. The van der Waals surface area contributed by atoms with E-state index in [9.17, 15) is 13.2 Å². The summed E-state index contributed by atoms with van der Waals surface area (Å²) in [6, 6.07) is 4.40. The van der Waals surface area contributed by atoms with Gasteiger partial charge >= 0.3 is 5.97 Å². The highest BCUT2D eigenvalue weighted by molar-refractivity contribution is 7.89. The molecule has 1 aromatic carbocycles. The second kappa shape index (κ2) is 6.47. The Morgan fingerprint density at radius 3 is 2.77 bits per heavy atom. The molecule has 3 N–H and O–H groups in total. The van der Waals surface area contributed by atoms with Crippen molar-refractivity contribution in [2.24, 2.45) is 5.73 Å². The summed E-state index contributed by atoms with van der Waals surface area (Å²) >= 11 is 0. The van der Waals surface area contributed by atoms with Crippen molar-refractivity contribution in [3.8, 4) is 0 Å². The minimum absolute atomic E-state index is 0.0846. The predicted molar refractivity (Wildman–Crippen MR) is 81.2 cm³/mol. The summed E-state index contributed by atoms with van der Waals surface area (Å²) in [6.07, 6.45) is 0. The van der Waals surface area contributed by atoms with Crippen molar-refractivity contribution < 1.29 is 22.4 Å². The van der Waals surface area contributed by atoms with Crippen molar-refractivity contribution >= 4 is 27.0 Å². The van der Waals surface area contributed by atoms with Crippen LogP contribution >= 0.6 is 0 Å². The first-order chi connectivity index (χ1) is 10.4. The fraction of sp³-hybridized carbons (Fsp3) is 0.357. The average Bonchev–Trinajstić information content (AvgIpc) is 2.82. The molecule has 0 fully saturated rings. The molecule has 0 atom stereocenters. The van der Waals surface area contributed by atoms with Gasteiger partial charge in [0.25, 0.3) is 0 Å². The molecule has 0 radical (unpaired) electrons. The zero-order valence-corrected chi connectivity index (χ0v) is 13.2. The number of nitrogens with two attached hydrogens (primary N) is 1. The summed E-state index contributed by atoms with van der Waals surface area (Å²) in [5.74, 6) is -0.483. The number of nitrogens with one attached hydrogen (secondary N) is 1. The highest BCUT2D eigenvalue weighted by Gasteiger charge is 2.21. The molecule has 0 aliphatic rings. The van der Waals surface area contributed by atoms with Crippen LogP contribution in [-0.4, -0.2) is 34.1 Å². The number of benzene rings is 1. The van der Waals surface area contributed by atoms with Gasteiger partial charge in [-0.25, -0.2) is 17.9 Å². The van der Waals surface area contributed by atoms with Gasteiger partial charge in [-0.3, -0.25) is 0 Å². The van der Waals surface area contributed by atoms with Crippen LogP contribution in [0.25, 0.3) is 11.0 Å².